The second-order valence-electron chi connectivity index (χ2n) is 14.1. The number of nitrogens with zero attached hydrogens (tertiary/aromatic N) is 5. The molecule has 0 amide bonds. The molecule has 0 atom stereocenters. The number of fused-ring (bicyclic) bond motifs is 6. The monoisotopic (exact) mass is 715 g/mol. The molecule has 0 radical (unpaired) electrons. The summed E-state index contributed by atoms with van der Waals surface area (Å²) < 4.78 is 4.74. The largest absolute Gasteiger partial charge is 0.309 e. The number of rotatable bonds is 6. The van der Waals surface area contributed by atoms with Gasteiger partial charge < -0.3 is 9.13 Å². The lowest BCUT2D eigenvalue weighted by Gasteiger charge is -2.11. The normalized spacial score (nSPS) is 11.6. The van der Waals surface area contributed by atoms with Gasteiger partial charge in [0.25, 0.3) is 0 Å². The van der Waals surface area contributed by atoms with Crippen LogP contribution in [0.4, 0.5) is 0 Å². The van der Waals surface area contributed by atoms with E-state index < -0.39 is 0 Å². The summed E-state index contributed by atoms with van der Waals surface area (Å²) in [6, 6.07) is 70.4. The molecule has 0 fully saturated rings. The molecule has 0 saturated heterocycles. The smallest absolute Gasteiger partial charge is 0.164 e. The molecule has 262 valence electrons. The van der Waals surface area contributed by atoms with Crippen LogP contribution in [0.15, 0.2) is 200 Å². The van der Waals surface area contributed by atoms with Crippen molar-refractivity contribution >= 4 is 43.6 Å². The Morgan fingerprint density at radius 3 is 1.38 bits per heavy atom. The van der Waals surface area contributed by atoms with Crippen LogP contribution < -0.4 is 0 Å². The van der Waals surface area contributed by atoms with Gasteiger partial charge in [0.15, 0.2) is 17.5 Å². The maximum absolute atomic E-state index is 4.97. The lowest BCUT2D eigenvalue weighted by atomic mass is 9.98. The fourth-order valence-corrected chi connectivity index (χ4v) is 8.23. The van der Waals surface area contributed by atoms with Gasteiger partial charge in [-0.05, 0) is 77.9 Å². The lowest BCUT2D eigenvalue weighted by Crippen LogP contribution is -2.00. The Hall–Kier alpha value is -7.63. The quantitative estimate of drug-likeness (QED) is 0.172. The Kier molecular flexibility index (Phi) is 7.42. The summed E-state index contributed by atoms with van der Waals surface area (Å²) in [7, 11) is 0. The first-order chi connectivity index (χ1) is 27.8. The maximum Gasteiger partial charge on any atom is 0.164 e. The summed E-state index contributed by atoms with van der Waals surface area (Å²) in [5, 5.41) is 4.93. The first-order valence-electron chi connectivity index (χ1n) is 18.9. The molecule has 0 bridgehead atoms. The van der Waals surface area contributed by atoms with Gasteiger partial charge in [-0.2, -0.15) is 0 Å². The van der Waals surface area contributed by atoms with Crippen molar-refractivity contribution in [1.29, 1.82) is 0 Å². The third kappa shape index (κ3) is 5.21. The van der Waals surface area contributed by atoms with Crippen molar-refractivity contribution in [1.82, 2.24) is 24.1 Å². The standard InChI is InChI=1S/C51H33N5/c1-4-15-34(16-5-1)49-52-50(35-17-6-2-7-18-35)54-51(53-49)36-27-30-39(31-28-36)56-45-25-13-11-22-42(45)48-40(23-14-26-47(48)56)37-29-32-46-43(33-37)41-21-10-12-24-44(41)55(46)38-19-8-3-9-20-38/h1-33H. The third-order valence-electron chi connectivity index (χ3n) is 10.8. The van der Waals surface area contributed by atoms with Crippen LogP contribution in [-0.4, -0.2) is 24.1 Å². The van der Waals surface area contributed by atoms with Crippen LogP contribution >= 0.6 is 0 Å². The van der Waals surface area contributed by atoms with Crippen LogP contribution in [0.3, 0.4) is 0 Å². The van der Waals surface area contributed by atoms with E-state index in [0.717, 1.165) is 39.1 Å². The first kappa shape index (κ1) is 31.9. The van der Waals surface area contributed by atoms with Gasteiger partial charge in [0.2, 0.25) is 0 Å². The van der Waals surface area contributed by atoms with E-state index in [1.54, 1.807) is 0 Å². The Morgan fingerprint density at radius 1 is 0.286 bits per heavy atom. The van der Waals surface area contributed by atoms with Crippen molar-refractivity contribution in [2.45, 2.75) is 0 Å². The van der Waals surface area contributed by atoms with Crippen molar-refractivity contribution in [3.05, 3.63) is 200 Å². The Bertz CT molecular complexity index is 3160. The third-order valence-corrected chi connectivity index (χ3v) is 10.8. The fraction of sp³-hybridized carbons (Fsp3) is 0. The molecule has 0 aliphatic carbocycles. The minimum atomic E-state index is 0.637. The molecule has 5 heteroatoms. The molecule has 0 unspecified atom stereocenters. The van der Waals surface area contributed by atoms with E-state index in [1.807, 2.05) is 60.7 Å². The lowest BCUT2D eigenvalue weighted by molar-refractivity contribution is 1.07. The fourth-order valence-electron chi connectivity index (χ4n) is 8.23. The van der Waals surface area contributed by atoms with E-state index in [1.165, 1.54) is 43.7 Å². The van der Waals surface area contributed by atoms with Gasteiger partial charge in [-0.25, -0.2) is 15.0 Å². The highest BCUT2D eigenvalue weighted by Gasteiger charge is 2.19. The van der Waals surface area contributed by atoms with Crippen LogP contribution in [0.5, 0.6) is 0 Å². The number of hydrogen-bond acceptors (Lipinski definition) is 3. The summed E-state index contributed by atoms with van der Waals surface area (Å²) >= 11 is 0. The molecule has 0 aliphatic heterocycles. The van der Waals surface area contributed by atoms with Gasteiger partial charge in [0.1, 0.15) is 0 Å². The van der Waals surface area contributed by atoms with E-state index in [4.69, 9.17) is 15.0 Å². The second kappa shape index (κ2) is 13.0. The van der Waals surface area contributed by atoms with E-state index >= 15 is 0 Å². The highest BCUT2D eigenvalue weighted by Crippen LogP contribution is 2.41. The van der Waals surface area contributed by atoms with Crippen LogP contribution in [0, 0.1) is 0 Å². The summed E-state index contributed by atoms with van der Waals surface area (Å²) in [6.07, 6.45) is 0. The zero-order valence-electron chi connectivity index (χ0n) is 30.3. The molecule has 0 N–H and O–H groups in total. The molecule has 0 saturated carbocycles. The molecular weight excluding hydrogens is 683 g/mol. The zero-order chi connectivity index (χ0) is 37.0. The minimum Gasteiger partial charge on any atom is -0.309 e. The average Bonchev–Trinajstić information content (AvgIpc) is 3.80. The highest BCUT2D eigenvalue weighted by atomic mass is 15.0. The van der Waals surface area contributed by atoms with Gasteiger partial charge in [0, 0.05) is 49.6 Å². The topological polar surface area (TPSA) is 48.5 Å². The number of para-hydroxylation sites is 3. The van der Waals surface area contributed by atoms with Crippen molar-refractivity contribution in [2.75, 3.05) is 0 Å². The average molecular weight is 716 g/mol. The predicted octanol–water partition coefficient (Wildman–Crippen LogP) is 12.7. The van der Waals surface area contributed by atoms with Crippen LogP contribution in [0.25, 0.3) is 100 Å². The molecule has 5 nitrogen and oxygen atoms in total. The Balaban J connectivity index is 1.05. The summed E-state index contributed by atoms with van der Waals surface area (Å²) in [4.78, 5) is 14.8. The molecule has 56 heavy (non-hydrogen) atoms. The van der Waals surface area contributed by atoms with Gasteiger partial charge in [-0.1, -0.05) is 133 Å². The van der Waals surface area contributed by atoms with Gasteiger partial charge in [0.05, 0.1) is 22.1 Å². The maximum atomic E-state index is 4.97. The molecule has 0 spiro atoms. The molecule has 3 aromatic heterocycles. The SMILES string of the molecule is c1ccc(-c2nc(-c3ccccc3)nc(-c3ccc(-n4c5ccccc5c5c(-c6ccc7c(c6)c6ccccc6n7-c6ccccc6)cccc54)cc3)n2)cc1. The summed E-state index contributed by atoms with van der Waals surface area (Å²) in [5.41, 5.74) is 12.2. The summed E-state index contributed by atoms with van der Waals surface area (Å²) in [6.45, 7) is 0. The summed E-state index contributed by atoms with van der Waals surface area (Å²) in [5.74, 6) is 1.94. The zero-order valence-corrected chi connectivity index (χ0v) is 30.3. The van der Waals surface area contributed by atoms with Crippen LogP contribution in [0.1, 0.15) is 0 Å². The molecule has 11 aromatic rings. The van der Waals surface area contributed by atoms with Crippen LogP contribution in [0.2, 0.25) is 0 Å². The van der Waals surface area contributed by atoms with E-state index in [9.17, 15) is 0 Å². The molecule has 3 heterocycles. The predicted molar refractivity (Wildman–Crippen MR) is 230 cm³/mol. The first-order valence-corrected chi connectivity index (χ1v) is 18.9. The molecule has 0 aliphatic rings. The minimum absolute atomic E-state index is 0.637. The molecule has 8 aromatic carbocycles. The molecule has 11 rings (SSSR count). The van der Waals surface area contributed by atoms with Crippen LogP contribution in [-0.2, 0) is 0 Å². The Morgan fingerprint density at radius 2 is 0.732 bits per heavy atom. The second-order valence-corrected chi connectivity index (χ2v) is 14.1. The van der Waals surface area contributed by atoms with E-state index in [2.05, 4.69) is 149 Å². The van der Waals surface area contributed by atoms with Crippen molar-refractivity contribution in [2.24, 2.45) is 0 Å². The van der Waals surface area contributed by atoms with E-state index in [0.29, 0.717) is 17.5 Å². The van der Waals surface area contributed by atoms with Gasteiger partial charge in [-0.3, -0.25) is 0 Å². The van der Waals surface area contributed by atoms with Crippen molar-refractivity contribution in [3.63, 3.8) is 0 Å². The van der Waals surface area contributed by atoms with Gasteiger partial charge >= 0.3 is 0 Å². The molecular formula is C51H33N5. The number of benzene rings is 8. The van der Waals surface area contributed by atoms with Gasteiger partial charge in [-0.15, -0.1) is 0 Å². The van der Waals surface area contributed by atoms with Crippen molar-refractivity contribution in [3.8, 4) is 56.7 Å². The highest BCUT2D eigenvalue weighted by molar-refractivity contribution is 6.17. The number of hydrogen-bond donors (Lipinski definition) is 0. The van der Waals surface area contributed by atoms with Crippen molar-refractivity contribution < 1.29 is 0 Å². The Labute approximate surface area is 323 Å². The van der Waals surface area contributed by atoms with E-state index in [-0.39, 0.29) is 0 Å². The number of aromatic nitrogens is 5.